The molecule has 0 aliphatic heterocycles. The lowest BCUT2D eigenvalue weighted by Crippen LogP contribution is -2.18. The molecule has 3 aromatic rings. The summed E-state index contributed by atoms with van der Waals surface area (Å²) < 4.78 is 6.00. The van der Waals surface area contributed by atoms with Crippen LogP contribution in [-0.4, -0.2) is 17.2 Å². The number of hydrogen-bond acceptors (Lipinski definition) is 2. The van der Waals surface area contributed by atoms with E-state index in [1.54, 1.807) is 6.92 Å². The van der Waals surface area contributed by atoms with Crippen molar-refractivity contribution in [3.8, 4) is 5.75 Å². The fraction of sp³-hybridized carbons (Fsp3) is 0.174. The first-order valence-corrected chi connectivity index (χ1v) is 8.72. The zero-order valence-electron chi connectivity index (χ0n) is 14.7. The molecule has 0 amide bonds. The summed E-state index contributed by atoms with van der Waals surface area (Å²) in [4.78, 5) is 11.0. The molecule has 0 spiro atoms. The average Bonchev–Trinajstić information content (AvgIpc) is 2.64. The molecular formula is C23H22O3. The van der Waals surface area contributed by atoms with E-state index in [1.807, 2.05) is 60.7 Å². The van der Waals surface area contributed by atoms with E-state index in [0.717, 1.165) is 11.3 Å². The number of carboxylic acid groups (broad SMARTS) is 1. The van der Waals surface area contributed by atoms with Gasteiger partial charge in [-0.25, -0.2) is 0 Å². The molecule has 0 aliphatic rings. The second kappa shape index (κ2) is 8.34. The standard InChI is InChI=1S/C23H22O3/c1-17(16-22(24)25)26-21-15-9-8-14-20(21)23(18-10-4-2-5-11-18)19-12-6-3-7-13-19/h2-15,17,23H,16H2,1H3,(H,24,25). The maximum atomic E-state index is 11.0. The molecule has 0 bridgehead atoms. The maximum Gasteiger partial charge on any atom is 0.307 e. The van der Waals surface area contributed by atoms with Crippen LogP contribution in [0.25, 0.3) is 0 Å². The lowest BCUT2D eigenvalue weighted by Gasteiger charge is -2.23. The van der Waals surface area contributed by atoms with Gasteiger partial charge in [-0.3, -0.25) is 4.79 Å². The number of aliphatic carboxylic acids is 1. The minimum Gasteiger partial charge on any atom is -0.490 e. The fourth-order valence-corrected chi connectivity index (χ4v) is 3.17. The molecule has 0 saturated heterocycles. The zero-order valence-corrected chi connectivity index (χ0v) is 14.7. The van der Waals surface area contributed by atoms with Gasteiger partial charge in [0.05, 0.1) is 6.42 Å². The van der Waals surface area contributed by atoms with E-state index in [0.29, 0.717) is 0 Å². The summed E-state index contributed by atoms with van der Waals surface area (Å²) in [5.41, 5.74) is 3.36. The monoisotopic (exact) mass is 346 g/mol. The van der Waals surface area contributed by atoms with Crippen molar-refractivity contribution in [1.29, 1.82) is 0 Å². The Morgan fingerprint density at radius 2 is 1.35 bits per heavy atom. The first kappa shape index (κ1) is 17.7. The van der Waals surface area contributed by atoms with Crippen LogP contribution in [0.2, 0.25) is 0 Å². The molecule has 3 heteroatoms. The largest absolute Gasteiger partial charge is 0.490 e. The molecule has 1 atom stereocenters. The predicted molar refractivity (Wildman–Crippen MR) is 103 cm³/mol. The number of ether oxygens (including phenoxy) is 1. The molecule has 26 heavy (non-hydrogen) atoms. The first-order valence-electron chi connectivity index (χ1n) is 8.72. The van der Waals surface area contributed by atoms with E-state index in [-0.39, 0.29) is 12.3 Å². The van der Waals surface area contributed by atoms with Gasteiger partial charge >= 0.3 is 5.97 Å². The van der Waals surface area contributed by atoms with Crippen molar-refractivity contribution in [2.24, 2.45) is 0 Å². The third-order valence-corrected chi connectivity index (χ3v) is 4.29. The Kier molecular flexibility index (Phi) is 5.69. The number of carbonyl (C=O) groups is 1. The number of hydrogen-bond donors (Lipinski definition) is 1. The zero-order chi connectivity index (χ0) is 18.4. The van der Waals surface area contributed by atoms with E-state index in [9.17, 15) is 4.79 Å². The Bertz CT molecular complexity index is 804. The van der Waals surface area contributed by atoms with Crippen LogP contribution < -0.4 is 4.74 Å². The van der Waals surface area contributed by atoms with E-state index in [1.165, 1.54) is 11.1 Å². The van der Waals surface area contributed by atoms with Crippen LogP contribution in [0.1, 0.15) is 36.0 Å². The van der Waals surface area contributed by atoms with Crippen molar-refractivity contribution in [3.63, 3.8) is 0 Å². The minimum absolute atomic E-state index is 0.0191. The van der Waals surface area contributed by atoms with Crippen LogP contribution in [-0.2, 0) is 4.79 Å². The Balaban J connectivity index is 2.04. The summed E-state index contributed by atoms with van der Waals surface area (Å²) in [6, 6.07) is 28.4. The summed E-state index contributed by atoms with van der Waals surface area (Å²) in [7, 11) is 0. The molecule has 0 aromatic heterocycles. The van der Waals surface area contributed by atoms with Gasteiger partial charge in [0, 0.05) is 11.5 Å². The molecule has 132 valence electrons. The topological polar surface area (TPSA) is 46.5 Å². The third kappa shape index (κ3) is 4.31. The van der Waals surface area contributed by atoms with Crippen molar-refractivity contribution in [2.75, 3.05) is 0 Å². The van der Waals surface area contributed by atoms with Crippen LogP contribution in [0.15, 0.2) is 84.9 Å². The number of rotatable bonds is 7. The lowest BCUT2D eigenvalue weighted by atomic mass is 9.84. The molecule has 0 saturated carbocycles. The molecule has 0 radical (unpaired) electrons. The summed E-state index contributed by atoms with van der Waals surface area (Å²) >= 11 is 0. The van der Waals surface area contributed by atoms with E-state index < -0.39 is 12.1 Å². The first-order chi connectivity index (χ1) is 12.6. The van der Waals surface area contributed by atoms with Crippen LogP contribution in [0, 0.1) is 0 Å². The molecule has 0 fully saturated rings. The molecule has 1 unspecified atom stereocenters. The third-order valence-electron chi connectivity index (χ3n) is 4.29. The molecule has 0 aliphatic carbocycles. The van der Waals surface area contributed by atoms with Gasteiger partial charge in [-0.1, -0.05) is 78.9 Å². The number of carboxylic acids is 1. The van der Waals surface area contributed by atoms with E-state index in [4.69, 9.17) is 9.84 Å². The van der Waals surface area contributed by atoms with Crippen molar-refractivity contribution in [1.82, 2.24) is 0 Å². The van der Waals surface area contributed by atoms with Crippen LogP contribution in [0.5, 0.6) is 5.75 Å². The molecule has 0 heterocycles. The highest BCUT2D eigenvalue weighted by molar-refractivity contribution is 5.67. The lowest BCUT2D eigenvalue weighted by molar-refractivity contribution is -0.138. The van der Waals surface area contributed by atoms with E-state index in [2.05, 4.69) is 24.3 Å². The SMILES string of the molecule is CC(CC(=O)O)Oc1ccccc1C(c1ccccc1)c1ccccc1. The van der Waals surface area contributed by atoms with Crippen LogP contribution in [0.4, 0.5) is 0 Å². The summed E-state index contributed by atoms with van der Waals surface area (Å²) in [5, 5.41) is 9.02. The average molecular weight is 346 g/mol. The van der Waals surface area contributed by atoms with Gasteiger partial charge in [0.15, 0.2) is 0 Å². The van der Waals surface area contributed by atoms with Crippen LogP contribution >= 0.6 is 0 Å². The number of benzene rings is 3. The predicted octanol–water partition coefficient (Wildman–Crippen LogP) is 5.11. The molecule has 3 aromatic carbocycles. The maximum absolute atomic E-state index is 11.0. The number of para-hydroxylation sites is 1. The van der Waals surface area contributed by atoms with Gasteiger partial charge < -0.3 is 9.84 Å². The van der Waals surface area contributed by atoms with Gasteiger partial charge in [-0.2, -0.15) is 0 Å². The van der Waals surface area contributed by atoms with Gasteiger partial charge in [0.2, 0.25) is 0 Å². The summed E-state index contributed by atoms with van der Waals surface area (Å²) in [6.07, 6.45) is -0.434. The molecule has 3 nitrogen and oxygen atoms in total. The van der Waals surface area contributed by atoms with Gasteiger partial charge in [-0.15, -0.1) is 0 Å². The normalized spacial score (nSPS) is 11.9. The van der Waals surface area contributed by atoms with Crippen molar-refractivity contribution < 1.29 is 14.6 Å². The molecule has 3 rings (SSSR count). The van der Waals surface area contributed by atoms with Crippen molar-refractivity contribution in [3.05, 3.63) is 102 Å². The van der Waals surface area contributed by atoms with E-state index >= 15 is 0 Å². The molecular weight excluding hydrogens is 324 g/mol. The second-order valence-corrected chi connectivity index (χ2v) is 6.32. The van der Waals surface area contributed by atoms with Crippen molar-refractivity contribution >= 4 is 5.97 Å². The Labute approximate surface area is 153 Å². The fourth-order valence-electron chi connectivity index (χ4n) is 3.17. The van der Waals surface area contributed by atoms with Gasteiger partial charge in [0.25, 0.3) is 0 Å². The minimum atomic E-state index is -0.863. The van der Waals surface area contributed by atoms with Crippen molar-refractivity contribution in [2.45, 2.75) is 25.4 Å². The Hall–Kier alpha value is -3.07. The summed E-state index contributed by atoms with van der Waals surface area (Å²) in [6.45, 7) is 1.78. The quantitative estimate of drug-likeness (QED) is 0.605. The summed E-state index contributed by atoms with van der Waals surface area (Å²) in [5.74, 6) is -0.123. The Morgan fingerprint density at radius 1 is 0.846 bits per heavy atom. The highest BCUT2D eigenvalue weighted by Gasteiger charge is 2.21. The van der Waals surface area contributed by atoms with Gasteiger partial charge in [0.1, 0.15) is 11.9 Å². The molecule has 1 N–H and O–H groups in total. The Morgan fingerprint density at radius 3 is 1.88 bits per heavy atom. The smallest absolute Gasteiger partial charge is 0.307 e. The highest BCUT2D eigenvalue weighted by Crippen LogP contribution is 2.37. The second-order valence-electron chi connectivity index (χ2n) is 6.32. The highest BCUT2D eigenvalue weighted by atomic mass is 16.5. The van der Waals surface area contributed by atoms with Crippen LogP contribution in [0.3, 0.4) is 0 Å². The van der Waals surface area contributed by atoms with Gasteiger partial charge in [-0.05, 0) is 24.1 Å².